The normalized spacial score (nSPS) is 31.4. The molecule has 2 bridgehead atoms. The lowest BCUT2D eigenvalue weighted by molar-refractivity contribution is -0.201. The van der Waals surface area contributed by atoms with Crippen molar-refractivity contribution in [3.05, 3.63) is 68.5 Å². The van der Waals surface area contributed by atoms with Crippen LogP contribution in [0, 0.1) is 12.3 Å². The molecule has 1 saturated heterocycles. The Balaban J connectivity index is 1.67. The summed E-state index contributed by atoms with van der Waals surface area (Å²) in [5, 5.41) is 10.3. The molecule has 2 N–H and O–H groups in total. The van der Waals surface area contributed by atoms with Gasteiger partial charge in [-0.15, -0.1) is 0 Å². The molecule has 2 fully saturated rings. The summed E-state index contributed by atoms with van der Waals surface area (Å²) in [5.41, 5.74) is -0.258. The number of aryl methyl sites for hydroxylation is 1. The third kappa shape index (κ3) is 2.93. The number of H-pyrrole nitrogens is 1. The Morgan fingerprint density at radius 2 is 2.07 bits per heavy atom. The Labute approximate surface area is 161 Å². The lowest BCUT2D eigenvalue weighted by Gasteiger charge is -2.35. The smallest absolute Gasteiger partial charge is 0.328 e. The summed E-state index contributed by atoms with van der Waals surface area (Å²) in [5.74, 6) is 0. The van der Waals surface area contributed by atoms with Gasteiger partial charge in [0.1, 0.15) is 6.10 Å². The second-order valence-electron chi connectivity index (χ2n) is 7.53. The molecule has 2 aliphatic rings. The molecule has 0 spiro atoms. The van der Waals surface area contributed by atoms with Crippen LogP contribution in [0.4, 0.5) is 0 Å². The molecule has 1 aromatic carbocycles. The van der Waals surface area contributed by atoms with Gasteiger partial charge < -0.3 is 19.3 Å². The first-order valence-corrected chi connectivity index (χ1v) is 9.27. The van der Waals surface area contributed by atoms with Gasteiger partial charge in [0.2, 0.25) is 0 Å². The van der Waals surface area contributed by atoms with Gasteiger partial charge >= 0.3 is 5.69 Å². The molecule has 8 nitrogen and oxygen atoms in total. The number of fused-ring (bicyclic) bond motifs is 2. The van der Waals surface area contributed by atoms with Crippen LogP contribution in [0.1, 0.15) is 23.6 Å². The van der Waals surface area contributed by atoms with Crippen LogP contribution in [0.15, 0.2) is 46.1 Å². The quantitative estimate of drug-likeness (QED) is 0.756. The Morgan fingerprint density at radius 1 is 1.32 bits per heavy atom. The van der Waals surface area contributed by atoms with Gasteiger partial charge in [-0.05, 0) is 18.9 Å². The molecule has 28 heavy (non-hydrogen) atoms. The van der Waals surface area contributed by atoms with Gasteiger partial charge in [-0.25, -0.2) is 4.79 Å². The fourth-order valence-corrected chi connectivity index (χ4v) is 4.45. The van der Waals surface area contributed by atoms with E-state index in [2.05, 4.69) is 4.98 Å². The van der Waals surface area contributed by atoms with E-state index in [9.17, 15) is 14.7 Å². The summed E-state index contributed by atoms with van der Waals surface area (Å²) in [6, 6.07) is 9.35. The summed E-state index contributed by atoms with van der Waals surface area (Å²) >= 11 is 0. The monoisotopic (exact) mass is 388 g/mol. The highest BCUT2D eigenvalue weighted by atomic mass is 16.7. The SMILES string of the molecule is COC1OC2[C@H](n3cc(C)c(=O)[nH]c3=O)C[C@]1(CO)[C@@H]2OCc1ccccc1. The predicted molar refractivity (Wildman–Crippen MR) is 99.9 cm³/mol. The zero-order valence-electron chi connectivity index (χ0n) is 15.8. The molecular weight excluding hydrogens is 364 g/mol. The average Bonchev–Trinajstić information content (AvgIpc) is 3.19. The summed E-state index contributed by atoms with van der Waals surface area (Å²) < 4.78 is 19.2. The first-order chi connectivity index (χ1) is 13.5. The minimum Gasteiger partial charge on any atom is -0.395 e. The van der Waals surface area contributed by atoms with E-state index in [4.69, 9.17) is 14.2 Å². The van der Waals surface area contributed by atoms with Crippen molar-refractivity contribution >= 4 is 0 Å². The number of benzene rings is 1. The van der Waals surface area contributed by atoms with E-state index < -0.39 is 35.2 Å². The highest BCUT2D eigenvalue weighted by Crippen LogP contribution is 2.56. The van der Waals surface area contributed by atoms with E-state index in [-0.39, 0.29) is 12.6 Å². The number of aromatic nitrogens is 2. The number of hydrogen-bond donors (Lipinski definition) is 2. The summed E-state index contributed by atoms with van der Waals surface area (Å²) in [7, 11) is 1.53. The molecule has 4 rings (SSSR count). The first kappa shape index (κ1) is 19.1. The Hall–Kier alpha value is -2.26. The number of ether oxygens (including phenoxy) is 3. The van der Waals surface area contributed by atoms with Crippen molar-refractivity contribution < 1.29 is 19.3 Å². The van der Waals surface area contributed by atoms with Crippen LogP contribution in [-0.4, -0.2) is 46.9 Å². The number of hydrogen-bond acceptors (Lipinski definition) is 6. The minimum absolute atomic E-state index is 0.199. The van der Waals surface area contributed by atoms with Crippen LogP contribution < -0.4 is 11.2 Å². The topological polar surface area (TPSA) is 103 Å². The number of aromatic amines is 1. The first-order valence-electron chi connectivity index (χ1n) is 9.27. The van der Waals surface area contributed by atoms with E-state index in [1.54, 1.807) is 6.92 Å². The Morgan fingerprint density at radius 3 is 2.75 bits per heavy atom. The zero-order valence-corrected chi connectivity index (χ0v) is 15.8. The van der Waals surface area contributed by atoms with Crippen molar-refractivity contribution in [1.29, 1.82) is 0 Å². The van der Waals surface area contributed by atoms with E-state index in [0.717, 1.165) is 5.56 Å². The summed E-state index contributed by atoms with van der Waals surface area (Å²) in [4.78, 5) is 26.5. The van der Waals surface area contributed by atoms with Crippen LogP contribution in [0.25, 0.3) is 0 Å². The maximum absolute atomic E-state index is 12.4. The van der Waals surface area contributed by atoms with Gasteiger partial charge in [-0.1, -0.05) is 30.3 Å². The molecule has 1 saturated carbocycles. The highest BCUT2D eigenvalue weighted by molar-refractivity contribution is 5.16. The number of nitrogens with zero attached hydrogens (tertiary/aromatic N) is 1. The molecular formula is C20H24N2O6. The van der Waals surface area contributed by atoms with E-state index >= 15 is 0 Å². The number of aliphatic hydroxyl groups excluding tert-OH is 1. The van der Waals surface area contributed by atoms with Crippen LogP contribution >= 0.6 is 0 Å². The van der Waals surface area contributed by atoms with Crippen LogP contribution in [-0.2, 0) is 20.8 Å². The molecule has 2 aromatic rings. The number of methoxy groups -OCH3 is 1. The summed E-state index contributed by atoms with van der Waals surface area (Å²) in [6.45, 7) is 1.80. The fraction of sp³-hybridized carbons (Fsp3) is 0.500. The molecule has 1 aliphatic heterocycles. The average molecular weight is 388 g/mol. The molecule has 1 aromatic heterocycles. The van der Waals surface area contributed by atoms with Crippen LogP contribution in [0.2, 0.25) is 0 Å². The predicted octanol–water partition coefficient (Wildman–Crippen LogP) is 0.725. The second-order valence-corrected chi connectivity index (χ2v) is 7.53. The lowest BCUT2D eigenvalue weighted by atomic mass is 9.84. The Bertz CT molecular complexity index is 955. The van der Waals surface area contributed by atoms with Crippen LogP contribution in [0.5, 0.6) is 0 Å². The highest BCUT2D eigenvalue weighted by Gasteiger charge is 2.66. The lowest BCUT2D eigenvalue weighted by Crippen LogP contribution is -2.44. The molecule has 150 valence electrons. The Kier molecular flexibility index (Phi) is 4.96. The maximum Gasteiger partial charge on any atom is 0.328 e. The summed E-state index contributed by atoms with van der Waals surface area (Å²) in [6.07, 6.45) is 0.420. The van der Waals surface area contributed by atoms with Gasteiger partial charge in [0.15, 0.2) is 6.29 Å². The van der Waals surface area contributed by atoms with E-state index in [0.29, 0.717) is 18.6 Å². The molecule has 1 aliphatic carbocycles. The van der Waals surface area contributed by atoms with Crippen LogP contribution in [0.3, 0.4) is 0 Å². The van der Waals surface area contributed by atoms with Gasteiger partial charge in [-0.3, -0.25) is 14.3 Å². The molecule has 0 amide bonds. The van der Waals surface area contributed by atoms with E-state index in [1.807, 2.05) is 30.3 Å². The third-order valence-electron chi connectivity index (χ3n) is 5.87. The maximum atomic E-state index is 12.4. The largest absolute Gasteiger partial charge is 0.395 e. The minimum atomic E-state index is -0.789. The number of nitrogens with one attached hydrogen (secondary N) is 1. The molecule has 5 atom stereocenters. The van der Waals surface area contributed by atoms with Crippen molar-refractivity contribution in [3.8, 4) is 0 Å². The van der Waals surface area contributed by atoms with Gasteiger partial charge in [0, 0.05) is 18.9 Å². The van der Waals surface area contributed by atoms with Gasteiger partial charge in [0.25, 0.3) is 5.56 Å². The molecule has 0 radical (unpaired) electrons. The van der Waals surface area contributed by atoms with Crippen molar-refractivity contribution in [1.82, 2.24) is 9.55 Å². The third-order valence-corrected chi connectivity index (χ3v) is 5.87. The fourth-order valence-electron chi connectivity index (χ4n) is 4.45. The van der Waals surface area contributed by atoms with E-state index in [1.165, 1.54) is 17.9 Å². The molecule has 8 heteroatoms. The zero-order chi connectivity index (χ0) is 19.9. The number of rotatable bonds is 6. The van der Waals surface area contributed by atoms with Gasteiger partial charge in [-0.2, -0.15) is 0 Å². The van der Waals surface area contributed by atoms with Crippen molar-refractivity contribution in [2.24, 2.45) is 5.41 Å². The van der Waals surface area contributed by atoms with Crippen molar-refractivity contribution in [2.45, 2.75) is 44.5 Å². The molecule has 2 heterocycles. The standard InChI is InChI=1S/C20H24N2O6/c1-12-9-22(19(25)21-17(12)24)14-8-20(11-23)16(15(14)28-18(20)26-2)27-10-13-6-4-3-5-7-13/h3-7,9,14-16,18,23H,8,10-11H2,1-2H3,(H,21,24,25)/t14-,15?,16-,18?,20+/m1/s1. The van der Waals surface area contributed by atoms with Crippen molar-refractivity contribution in [2.75, 3.05) is 13.7 Å². The molecule has 2 unspecified atom stereocenters. The van der Waals surface area contributed by atoms with Crippen molar-refractivity contribution in [3.63, 3.8) is 0 Å². The number of aliphatic hydroxyl groups is 1. The van der Waals surface area contributed by atoms with Gasteiger partial charge in [0.05, 0.1) is 30.8 Å². The second kappa shape index (κ2) is 7.29.